The first-order valence-electron chi connectivity index (χ1n) is 8.17. The smallest absolute Gasteiger partial charge is 0.228 e. The Bertz CT molecular complexity index is 724. The van der Waals surface area contributed by atoms with Crippen molar-refractivity contribution in [2.75, 3.05) is 18.4 Å². The molecule has 3 heteroatoms. The van der Waals surface area contributed by atoms with Crippen LogP contribution in [-0.2, 0) is 10.2 Å². The standard InChI is InChI=1S/C19H20N2O/c1-2-18-8-5-10-21-11-9-19(17(18)21)13-6-3-4-7-15(13)20-16(22)14(19)12-18/h2-8,14,17H,1,9-12H2,(H,20,22)/t14-,17?,18+,19+/m1/s1. The third-order valence-corrected chi connectivity index (χ3v) is 6.51. The van der Waals surface area contributed by atoms with Gasteiger partial charge in [0.2, 0.25) is 5.91 Å². The molecule has 1 saturated carbocycles. The summed E-state index contributed by atoms with van der Waals surface area (Å²) in [6, 6.07) is 8.77. The highest BCUT2D eigenvalue weighted by Gasteiger charge is 2.69. The molecule has 1 spiro atoms. The second-order valence-electron chi connectivity index (χ2n) is 7.20. The number of amides is 1. The molecule has 1 N–H and O–H groups in total. The van der Waals surface area contributed by atoms with Gasteiger partial charge >= 0.3 is 0 Å². The Kier molecular flexibility index (Phi) is 2.25. The zero-order valence-electron chi connectivity index (χ0n) is 12.6. The van der Waals surface area contributed by atoms with Crippen LogP contribution in [0.15, 0.2) is 49.1 Å². The topological polar surface area (TPSA) is 32.3 Å². The van der Waals surface area contributed by atoms with Gasteiger partial charge in [-0.05, 0) is 31.0 Å². The number of anilines is 1. The number of carbonyl (C=O) groups excluding carboxylic acids is 1. The molecule has 0 aromatic heterocycles. The van der Waals surface area contributed by atoms with Crippen LogP contribution in [0.3, 0.4) is 0 Å². The molecule has 1 aromatic rings. The van der Waals surface area contributed by atoms with Crippen molar-refractivity contribution < 1.29 is 4.79 Å². The van der Waals surface area contributed by atoms with Gasteiger partial charge in [0.15, 0.2) is 0 Å². The maximum Gasteiger partial charge on any atom is 0.228 e. The van der Waals surface area contributed by atoms with E-state index in [1.165, 1.54) is 5.56 Å². The van der Waals surface area contributed by atoms with Gasteiger partial charge in [0, 0.05) is 29.1 Å². The summed E-state index contributed by atoms with van der Waals surface area (Å²) in [6.45, 7) is 6.21. The summed E-state index contributed by atoms with van der Waals surface area (Å²) >= 11 is 0. The average molecular weight is 292 g/mol. The second-order valence-corrected chi connectivity index (χ2v) is 7.20. The van der Waals surface area contributed by atoms with Gasteiger partial charge in [-0.1, -0.05) is 36.4 Å². The van der Waals surface area contributed by atoms with Crippen molar-refractivity contribution in [2.45, 2.75) is 24.3 Å². The highest BCUT2D eigenvalue weighted by Crippen LogP contribution is 2.65. The monoisotopic (exact) mass is 292 g/mol. The zero-order valence-corrected chi connectivity index (χ0v) is 12.6. The zero-order chi connectivity index (χ0) is 14.9. The van der Waals surface area contributed by atoms with Gasteiger partial charge in [-0.15, -0.1) is 6.58 Å². The minimum atomic E-state index is -0.0613. The summed E-state index contributed by atoms with van der Waals surface area (Å²) in [5.41, 5.74) is 2.25. The molecular formula is C19H20N2O. The largest absolute Gasteiger partial charge is 0.326 e. The van der Waals surface area contributed by atoms with Crippen LogP contribution in [0.5, 0.6) is 0 Å². The Labute approximate surface area is 130 Å². The van der Waals surface area contributed by atoms with E-state index in [0.717, 1.165) is 31.6 Å². The Morgan fingerprint density at radius 3 is 3.09 bits per heavy atom. The Balaban J connectivity index is 1.82. The van der Waals surface area contributed by atoms with Crippen LogP contribution in [-0.4, -0.2) is 29.9 Å². The second kappa shape index (κ2) is 3.90. The van der Waals surface area contributed by atoms with E-state index >= 15 is 0 Å². The molecule has 1 aromatic carbocycles. The number of nitrogens with zero attached hydrogens (tertiary/aromatic N) is 1. The van der Waals surface area contributed by atoms with Crippen LogP contribution in [0.1, 0.15) is 18.4 Å². The van der Waals surface area contributed by atoms with Gasteiger partial charge in [0.25, 0.3) is 0 Å². The van der Waals surface area contributed by atoms with Gasteiger partial charge in [-0.2, -0.15) is 0 Å². The van der Waals surface area contributed by atoms with Gasteiger partial charge in [0.05, 0.1) is 5.92 Å². The fraction of sp³-hybridized carbons (Fsp3) is 0.421. The van der Waals surface area contributed by atoms with Crippen molar-refractivity contribution in [3.8, 4) is 0 Å². The van der Waals surface area contributed by atoms with Crippen LogP contribution < -0.4 is 5.32 Å². The average Bonchev–Trinajstić information content (AvgIpc) is 3.08. The summed E-state index contributed by atoms with van der Waals surface area (Å²) in [5, 5.41) is 3.14. The fourth-order valence-corrected chi connectivity index (χ4v) is 5.79. The van der Waals surface area contributed by atoms with Gasteiger partial charge < -0.3 is 5.32 Å². The van der Waals surface area contributed by atoms with Crippen molar-refractivity contribution in [2.24, 2.45) is 11.3 Å². The molecule has 1 amide bonds. The molecule has 0 bridgehead atoms. The molecule has 3 nitrogen and oxygen atoms in total. The van der Waals surface area contributed by atoms with Crippen LogP contribution in [0.25, 0.3) is 0 Å². The number of rotatable bonds is 1. The molecule has 1 aliphatic carbocycles. The van der Waals surface area contributed by atoms with Crippen molar-refractivity contribution >= 4 is 11.6 Å². The van der Waals surface area contributed by atoms with E-state index in [4.69, 9.17) is 0 Å². The molecule has 0 radical (unpaired) electrons. The van der Waals surface area contributed by atoms with E-state index in [1.807, 2.05) is 12.1 Å². The van der Waals surface area contributed by atoms with E-state index < -0.39 is 0 Å². The van der Waals surface area contributed by atoms with Crippen LogP contribution >= 0.6 is 0 Å². The highest BCUT2D eigenvalue weighted by atomic mass is 16.2. The molecule has 5 rings (SSSR count). The van der Waals surface area contributed by atoms with Crippen molar-refractivity contribution in [3.63, 3.8) is 0 Å². The Morgan fingerprint density at radius 2 is 2.23 bits per heavy atom. The molecule has 2 fully saturated rings. The van der Waals surface area contributed by atoms with Gasteiger partial charge in [-0.25, -0.2) is 0 Å². The maximum atomic E-state index is 12.8. The number of para-hydroxylation sites is 1. The third kappa shape index (κ3) is 1.22. The van der Waals surface area contributed by atoms with Crippen LogP contribution in [0.2, 0.25) is 0 Å². The summed E-state index contributed by atoms with van der Waals surface area (Å²) in [4.78, 5) is 15.4. The van der Waals surface area contributed by atoms with Gasteiger partial charge in [0.1, 0.15) is 0 Å². The Hall–Kier alpha value is -1.87. The van der Waals surface area contributed by atoms with E-state index in [-0.39, 0.29) is 22.7 Å². The molecule has 22 heavy (non-hydrogen) atoms. The predicted octanol–water partition coefficient (Wildman–Crippen LogP) is 2.71. The lowest BCUT2D eigenvalue weighted by Gasteiger charge is -2.45. The molecule has 4 atom stereocenters. The van der Waals surface area contributed by atoms with E-state index in [9.17, 15) is 4.79 Å². The number of hydrogen-bond donors (Lipinski definition) is 1. The first-order valence-corrected chi connectivity index (χ1v) is 8.17. The summed E-state index contributed by atoms with van der Waals surface area (Å²) in [5.74, 6) is 0.253. The predicted molar refractivity (Wildman–Crippen MR) is 86.6 cm³/mol. The fourth-order valence-electron chi connectivity index (χ4n) is 5.79. The lowest BCUT2D eigenvalue weighted by atomic mass is 9.65. The third-order valence-electron chi connectivity index (χ3n) is 6.51. The number of carbonyl (C=O) groups is 1. The summed E-state index contributed by atoms with van der Waals surface area (Å²) in [7, 11) is 0. The van der Waals surface area contributed by atoms with E-state index in [0.29, 0.717) is 6.04 Å². The lowest BCUT2D eigenvalue weighted by Crippen LogP contribution is -2.52. The van der Waals surface area contributed by atoms with Crippen LogP contribution in [0, 0.1) is 11.3 Å². The maximum absolute atomic E-state index is 12.8. The quantitative estimate of drug-likeness (QED) is 0.807. The molecule has 3 aliphatic heterocycles. The number of benzene rings is 1. The molecule has 1 saturated heterocycles. The Morgan fingerprint density at radius 1 is 1.36 bits per heavy atom. The van der Waals surface area contributed by atoms with Crippen molar-refractivity contribution in [1.82, 2.24) is 4.90 Å². The summed E-state index contributed by atoms with van der Waals surface area (Å²) < 4.78 is 0. The normalized spacial score (nSPS) is 41.5. The molecular weight excluding hydrogens is 272 g/mol. The molecule has 4 aliphatic rings. The van der Waals surface area contributed by atoms with E-state index in [2.05, 4.69) is 47.2 Å². The van der Waals surface area contributed by atoms with Gasteiger partial charge in [-0.3, -0.25) is 9.69 Å². The minimum absolute atomic E-state index is 0.0438. The highest BCUT2D eigenvalue weighted by molar-refractivity contribution is 5.98. The van der Waals surface area contributed by atoms with Crippen LogP contribution in [0.4, 0.5) is 5.69 Å². The lowest BCUT2D eigenvalue weighted by molar-refractivity contribution is -0.122. The number of hydrogen-bond acceptors (Lipinski definition) is 2. The number of nitrogens with one attached hydrogen (secondary N) is 1. The van der Waals surface area contributed by atoms with Crippen molar-refractivity contribution in [3.05, 3.63) is 54.6 Å². The SMILES string of the molecule is C=C[C@]12C=CCN3CC[C@@]4(c5ccccc5NC(=O)[C@H]4C1)C32. The molecule has 112 valence electrons. The molecule has 1 unspecified atom stereocenters. The van der Waals surface area contributed by atoms with Crippen molar-refractivity contribution in [1.29, 1.82) is 0 Å². The first kappa shape index (κ1) is 12.7. The first-order chi connectivity index (χ1) is 10.7. The number of fused-ring (bicyclic) bond motifs is 1. The van der Waals surface area contributed by atoms with E-state index in [1.54, 1.807) is 0 Å². The summed E-state index contributed by atoms with van der Waals surface area (Å²) in [6.07, 6.45) is 8.64. The minimum Gasteiger partial charge on any atom is -0.326 e. The molecule has 3 heterocycles.